The van der Waals surface area contributed by atoms with Crippen LogP contribution >= 0.6 is 0 Å². The minimum Gasteiger partial charge on any atom is -0.497 e. The third-order valence-electron chi connectivity index (χ3n) is 4.48. The highest BCUT2D eigenvalue weighted by Crippen LogP contribution is 2.10. The number of ether oxygens (including phenoxy) is 1. The van der Waals surface area contributed by atoms with Crippen LogP contribution in [0.2, 0.25) is 0 Å². The zero-order valence-electron chi connectivity index (χ0n) is 14.1. The first-order chi connectivity index (χ1) is 11.0. The van der Waals surface area contributed by atoms with Gasteiger partial charge in [-0.3, -0.25) is 9.59 Å². The topological polar surface area (TPSA) is 63.1 Å². The summed E-state index contributed by atoms with van der Waals surface area (Å²) in [7, 11) is 1.63. The molecule has 1 aliphatic rings. The highest BCUT2D eigenvalue weighted by Gasteiger charge is 2.29. The Morgan fingerprint density at radius 1 is 1.26 bits per heavy atom. The number of methoxy groups -OCH3 is 1. The van der Waals surface area contributed by atoms with Gasteiger partial charge in [-0.15, -0.1) is 0 Å². The Bertz CT molecular complexity index is 537. The Hall–Kier alpha value is -2.08. The van der Waals surface area contributed by atoms with Gasteiger partial charge in [0.25, 0.3) is 5.91 Å². The Morgan fingerprint density at radius 3 is 2.39 bits per heavy atom. The molecule has 6 nitrogen and oxygen atoms in total. The second kappa shape index (κ2) is 7.97. The average molecular weight is 320 g/mol. The van der Waals surface area contributed by atoms with Crippen molar-refractivity contribution in [3.05, 3.63) is 29.8 Å². The van der Waals surface area contributed by atoms with Crippen molar-refractivity contribution >= 4 is 11.8 Å². The lowest BCUT2D eigenvalue weighted by Crippen LogP contribution is -3.19. The summed E-state index contributed by atoms with van der Waals surface area (Å²) in [5.74, 6) is 0.967. The van der Waals surface area contributed by atoms with E-state index in [9.17, 15) is 9.59 Å². The molecule has 23 heavy (non-hydrogen) atoms. The van der Waals surface area contributed by atoms with Crippen LogP contribution < -0.4 is 15.0 Å². The van der Waals surface area contributed by atoms with E-state index in [4.69, 9.17) is 4.74 Å². The van der Waals surface area contributed by atoms with Gasteiger partial charge in [0.1, 0.15) is 5.75 Å². The number of nitrogens with one attached hydrogen (secondary N) is 2. The summed E-state index contributed by atoms with van der Waals surface area (Å²) in [5, 5.41) is 2.99. The molecule has 2 amide bonds. The van der Waals surface area contributed by atoms with E-state index >= 15 is 0 Å². The lowest BCUT2D eigenvalue weighted by atomic mass is 10.2. The van der Waals surface area contributed by atoms with E-state index in [2.05, 4.69) is 5.32 Å². The van der Waals surface area contributed by atoms with Gasteiger partial charge in [0, 0.05) is 13.5 Å². The van der Waals surface area contributed by atoms with Crippen molar-refractivity contribution in [2.45, 2.75) is 26.4 Å². The number of amides is 2. The SMILES string of the molecule is COc1ccc(CNC(=O)[C@H](C)[NH+]2CCN(C(C)=O)CC2)cc1. The molecule has 126 valence electrons. The fourth-order valence-corrected chi connectivity index (χ4v) is 2.81. The first-order valence-electron chi connectivity index (χ1n) is 8.02. The summed E-state index contributed by atoms with van der Waals surface area (Å²) in [6, 6.07) is 7.56. The Morgan fingerprint density at radius 2 is 1.87 bits per heavy atom. The van der Waals surface area contributed by atoms with Gasteiger partial charge in [0.2, 0.25) is 5.91 Å². The number of benzene rings is 1. The van der Waals surface area contributed by atoms with Crippen LogP contribution in [0.1, 0.15) is 19.4 Å². The summed E-state index contributed by atoms with van der Waals surface area (Å²) < 4.78 is 5.12. The van der Waals surface area contributed by atoms with Crippen LogP contribution in [0.3, 0.4) is 0 Å². The minimum atomic E-state index is -0.109. The normalized spacial score (nSPS) is 16.7. The summed E-state index contributed by atoms with van der Waals surface area (Å²) in [6.45, 7) is 7.13. The number of nitrogens with zero attached hydrogens (tertiary/aromatic N) is 1. The quantitative estimate of drug-likeness (QED) is 0.765. The van der Waals surface area contributed by atoms with E-state index in [0.717, 1.165) is 37.5 Å². The molecule has 1 aromatic carbocycles. The monoisotopic (exact) mass is 320 g/mol. The molecule has 6 heteroatoms. The van der Waals surface area contributed by atoms with Crippen molar-refractivity contribution in [3.63, 3.8) is 0 Å². The van der Waals surface area contributed by atoms with Gasteiger partial charge < -0.3 is 19.9 Å². The van der Waals surface area contributed by atoms with Gasteiger partial charge >= 0.3 is 0 Å². The molecule has 1 atom stereocenters. The van der Waals surface area contributed by atoms with Gasteiger partial charge in [-0.05, 0) is 24.6 Å². The molecule has 0 unspecified atom stereocenters. The molecule has 1 heterocycles. The fourth-order valence-electron chi connectivity index (χ4n) is 2.81. The Kier molecular flexibility index (Phi) is 5.98. The van der Waals surface area contributed by atoms with E-state index in [1.807, 2.05) is 36.1 Å². The van der Waals surface area contributed by atoms with Crippen LogP contribution in [0.4, 0.5) is 0 Å². The van der Waals surface area contributed by atoms with Crippen LogP contribution in [0.25, 0.3) is 0 Å². The number of piperazine rings is 1. The van der Waals surface area contributed by atoms with Crippen LogP contribution in [0, 0.1) is 0 Å². The third-order valence-corrected chi connectivity index (χ3v) is 4.48. The van der Waals surface area contributed by atoms with E-state index in [-0.39, 0.29) is 17.9 Å². The largest absolute Gasteiger partial charge is 0.497 e. The molecule has 0 radical (unpaired) electrons. The Balaban J connectivity index is 1.79. The highest BCUT2D eigenvalue weighted by atomic mass is 16.5. The van der Waals surface area contributed by atoms with Crippen molar-refractivity contribution in [1.29, 1.82) is 0 Å². The number of hydrogen-bond donors (Lipinski definition) is 2. The molecule has 1 saturated heterocycles. The molecule has 0 saturated carbocycles. The van der Waals surface area contributed by atoms with Crippen molar-refractivity contribution in [1.82, 2.24) is 10.2 Å². The maximum absolute atomic E-state index is 12.3. The van der Waals surface area contributed by atoms with Crippen molar-refractivity contribution < 1.29 is 19.2 Å². The molecule has 1 fully saturated rings. The van der Waals surface area contributed by atoms with Gasteiger partial charge in [-0.25, -0.2) is 0 Å². The zero-order chi connectivity index (χ0) is 16.8. The smallest absolute Gasteiger partial charge is 0.278 e. The molecular formula is C17H26N3O3+. The molecular weight excluding hydrogens is 294 g/mol. The van der Waals surface area contributed by atoms with Gasteiger partial charge in [-0.2, -0.15) is 0 Å². The second-order valence-corrected chi connectivity index (χ2v) is 5.95. The molecule has 0 bridgehead atoms. The summed E-state index contributed by atoms with van der Waals surface area (Å²) in [4.78, 5) is 26.7. The molecule has 1 aromatic rings. The number of rotatable bonds is 5. The summed E-state index contributed by atoms with van der Waals surface area (Å²) >= 11 is 0. The first kappa shape index (κ1) is 17.3. The maximum atomic E-state index is 12.3. The van der Waals surface area contributed by atoms with Crippen molar-refractivity contribution in [3.8, 4) is 5.75 Å². The predicted octanol–water partition coefficient (Wildman–Crippen LogP) is -0.553. The second-order valence-electron chi connectivity index (χ2n) is 5.95. The van der Waals surface area contributed by atoms with Crippen molar-refractivity contribution in [2.24, 2.45) is 0 Å². The lowest BCUT2D eigenvalue weighted by molar-refractivity contribution is -0.918. The molecule has 1 aliphatic heterocycles. The molecule has 0 spiro atoms. The number of quaternary nitrogens is 1. The van der Waals surface area contributed by atoms with E-state index in [1.165, 1.54) is 4.90 Å². The van der Waals surface area contributed by atoms with E-state index in [0.29, 0.717) is 6.54 Å². The standard InChI is InChI=1S/C17H25N3O3/c1-13(19-8-10-20(11-9-19)14(2)21)17(22)18-12-15-4-6-16(23-3)7-5-15/h4-7,13H,8-12H2,1-3H3,(H,18,22)/p+1/t13-/m0/s1. The van der Waals surface area contributed by atoms with E-state index in [1.54, 1.807) is 14.0 Å². The molecule has 2 rings (SSSR count). The summed E-state index contributed by atoms with van der Waals surface area (Å²) in [5.41, 5.74) is 1.04. The van der Waals surface area contributed by atoms with Crippen LogP contribution in [0.15, 0.2) is 24.3 Å². The number of hydrogen-bond acceptors (Lipinski definition) is 3. The van der Waals surface area contributed by atoms with Gasteiger partial charge in [-0.1, -0.05) is 12.1 Å². The summed E-state index contributed by atoms with van der Waals surface area (Å²) in [6.07, 6.45) is 0. The third kappa shape index (κ3) is 4.69. The molecule has 0 aliphatic carbocycles. The molecule has 0 aromatic heterocycles. The highest BCUT2D eigenvalue weighted by molar-refractivity contribution is 5.80. The fraction of sp³-hybridized carbons (Fsp3) is 0.529. The van der Waals surface area contributed by atoms with Crippen LogP contribution in [0.5, 0.6) is 5.75 Å². The molecule has 2 N–H and O–H groups in total. The zero-order valence-corrected chi connectivity index (χ0v) is 14.1. The van der Waals surface area contributed by atoms with Crippen LogP contribution in [-0.4, -0.2) is 56.0 Å². The van der Waals surface area contributed by atoms with Crippen molar-refractivity contribution in [2.75, 3.05) is 33.3 Å². The Labute approximate surface area is 137 Å². The number of carbonyl (C=O) groups excluding carboxylic acids is 2. The predicted molar refractivity (Wildman–Crippen MR) is 87.3 cm³/mol. The number of carbonyl (C=O) groups is 2. The van der Waals surface area contributed by atoms with Gasteiger partial charge in [0.15, 0.2) is 6.04 Å². The van der Waals surface area contributed by atoms with Crippen LogP contribution in [-0.2, 0) is 16.1 Å². The minimum absolute atomic E-state index is 0.0482. The average Bonchev–Trinajstić information content (AvgIpc) is 2.59. The maximum Gasteiger partial charge on any atom is 0.278 e. The first-order valence-corrected chi connectivity index (χ1v) is 8.02. The lowest BCUT2D eigenvalue weighted by Gasteiger charge is -2.34. The van der Waals surface area contributed by atoms with E-state index < -0.39 is 0 Å². The van der Waals surface area contributed by atoms with Gasteiger partial charge in [0.05, 0.1) is 33.3 Å².